The van der Waals surface area contributed by atoms with Gasteiger partial charge in [-0.15, -0.1) is 0 Å². The first-order valence-electron chi connectivity index (χ1n) is 11.2. The molecule has 1 aliphatic rings. The third-order valence-corrected chi connectivity index (χ3v) is 6.70. The Morgan fingerprint density at radius 1 is 1.00 bits per heavy atom. The van der Waals surface area contributed by atoms with E-state index >= 15 is 0 Å². The van der Waals surface area contributed by atoms with Crippen molar-refractivity contribution in [3.8, 4) is 17.1 Å². The molecule has 0 spiro atoms. The molecule has 1 aliphatic heterocycles. The van der Waals surface area contributed by atoms with E-state index in [1.807, 2.05) is 76.2 Å². The zero-order valence-corrected chi connectivity index (χ0v) is 20.0. The maximum Gasteiger partial charge on any atom is 0.494 e. The van der Waals surface area contributed by atoms with Crippen LogP contribution < -0.4 is 15.8 Å². The quantitative estimate of drug-likeness (QED) is 0.462. The third-order valence-electron chi connectivity index (χ3n) is 6.70. The Kier molecular flexibility index (Phi) is 5.33. The first kappa shape index (κ1) is 22.4. The molecule has 0 saturated carbocycles. The topological polar surface area (TPSA) is 91.3 Å². The lowest BCUT2D eigenvalue weighted by Crippen LogP contribution is -2.41. The molecule has 9 heteroatoms. The Labute approximate surface area is 198 Å². The van der Waals surface area contributed by atoms with Gasteiger partial charge in [0.2, 0.25) is 0 Å². The number of nitrogens with one attached hydrogen (secondary N) is 1. The Morgan fingerprint density at radius 3 is 2.26 bits per heavy atom. The average Bonchev–Trinajstić information content (AvgIpc) is 3.31. The standard InChI is InChI=1S/C25H27BN4O4/c1-24(2)25(3,4)34-26(33-24)18-10-8-17(9-11-18)22-28-20-14-27-30(21(20)23(31)29-22)15-16-6-12-19(32-5)13-7-16/h6-14H,15H2,1-5H3,(H,28,29,31). The zero-order valence-electron chi connectivity index (χ0n) is 20.0. The maximum atomic E-state index is 12.9. The van der Waals surface area contributed by atoms with E-state index in [1.54, 1.807) is 18.0 Å². The number of fused-ring (bicyclic) bond motifs is 1. The monoisotopic (exact) mass is 458 g/mol. The molecule has 5 rings (SSSR count). The molecule has 0 unspecified atom stereocenters. The van der Waals surface area contributed by atoms with Gasteiger partial charge in [0, 0.05) is 5.56 Å². The van der Waals surface area contributed by atoms with Crippen LogP contribution in [0.5, 0.6) is 5.75 Å². The molecular weight excluding hydrogens is 431 g/mol. The number of hydrogen-bond acceptors (Lipinski definition) is 6. The van der Waals surface area contributed by atoms with Crippen molar-refractivity contribution in [1.29, 1.82) is 0 Å². The van der Waals surface area contributed by atoms with Gasteiger partial charge >= 0.3 is 7.12 Å². The zero-order chi connectivity index (χ0) is 24.1. The van der Waals surface area contributed by atoms with Crippen LogP contribution in [0.1, 0.15) is 33.3 Å². The van der Waals surface area contributed by atoms with E-state index in [-0.39, 0.29) is 5.56 Å². The summed E-state index contributed by atoms with van der Waals surface area (Å²) >= 11 is 0. The van der Waals surface area contributed by atoms with Gasteiger partial charge in [-0.05, 0) is 50.9 Å². The molecule has 174 valence electrons. The molecule has 1 saturated heterocycles. The maximum absolute atomic E-state index is 12.9. The molecule has 2 aromatic carbocycles. The van der Waals surface area contributed by atoms with Crippen LogP contribution in [-0.2, 0) is 15.9 Å². The van der Waals surface area contributed by atoms with Crippen molar-refractivity contribution >= 4 is 23.6 Å². The highest BCUT2D eigenvalue weighted by atomic mass is 16.7. The van der Waals surface area contributed by atoms with Crippen molar-refractivity contribution in [2.45, 2.75) is 45.4 Å². The molecule has 3 heterocycles. The van der Waals surface area contributed by atoms with Gasteiger partial charge in [0.1, 0.15) is 17.1 Å². The van der Waals surface area contributed by atoms with Gasteiger partial charge in [0.05, 0.1) is 31.1 Å². The van der Waals surface area contributed by atoms with Crippen LogP contribution in [0.25, 0.3) is 22.4 Å². The van der Waals surface area contributed by atoms with Gasteiger partial charge in [-0.3, -0.25) is 9.48 Å². The van der Waals surface area contributed by atoms with Crippen molar-refractivity contribution in [3.05, 3.63) is 70.6 Å². The van der Waals surface area contributed by atoms with Gasteiger partial charge in [0.25, 0.3) is 5.56 Å². The SMILES string of the molecule is COc1ccc(Cn2ncc3nc(-c4ccc(B5OC(C)(C)C(C)(C)O5)cc4)[nH]c(=O)c32)cc1. The smallest absolute Gasteiger partial charge is 0.494 e. The number of rotatable bonds is 5. The summed E-state index contributed by atoms with van der Waals surface area (Å²) in [6.07, 6.45) is 1.62. The van der Waals surface area contributed by atoms with Gasteiger partial charge in [-0.1, -0.05) is 36.4 Å². The summed E-state index contributed by atoms with van der Waals surface area (Å²) in [6.45, 7) is 8.57. The van der Waals surface area contributed by atoms with Crippen LogP contribution >= 0.6 is 0 Å². The van der Waals surface area contributed by atoms with Crippen LogP contribution in [0, 0.1) is 0 Å². The van der Waals surface area contributed by atoms with E-state index in [0.717, 1.165) is 22.3 Å². The van der Waals surface area contributed by atoms with E-state index in [2.05, 4.69) is 15.1 Å². The molecule has 34 heavy (non-hydrogen) atoms. The molecule has 0 radical (unpaired) electrons. The molecule has 0 amide bonds. The van der Waals surface area contributed by atoms with E-state index in [1.165, 1.54) is 0 Å². The van der Waals surface area contributed by atoms with Crippen LogP contribution in [0.2, 0.25) is 0 Å². The molecule has 0 atom stereocenters. The first-order valence-corrected chi connectivity index (χ1v) is 11.2. The van der Waals surface area contributed by atoms with Crippen molar-refractivity contribution in [1.82, 2.24) is 19.7 Å². The van der Waals surface area contributed by atoms with E-state index < -0.39 is 18.3 Å². The number of ether oxygens (including phenoxy) is 1. The fourth-order valence-electron chi connectivity index (χ4n) is 3.94. The Bertz CT molecular complexity index is 1380. The Hall–Kier alpha value is -3.43. The summed E-state index contributed by atoms with van der Waals surface area (Å²) in [7, 11) is 1.19. The predicted molar refractivity (Wildman–Crippen MR) is 131 cm³/mol. The van der Waals surface area contributed by atoms with Crippen LogP contribution in [0.3, 0.4) is 0 Å². The number of benzene rings is 2. The number of H-pyrrole nitrogens is 1. The van der Waals surface area contributed by atoms with Crippen molar-refractivity contribution < 1.29 is 14.0 Å². The fourth-order valence-corrected chi connectivity index (χ4v) is 3.94. The second kappa shape index (κ2) is 8.11. The number of methoxy groups -OCH3 is 1. The van der Waals surface area contributed by atoms with Crippen molar-refractivity contribution in [3.63, 3.8) is 0 Å². The largest absolute Gasteiger partial charge is 0.497 e. The summed E-state index contributed by atoms with van der Waals surface area (Å²) in [6, 6.07) is 15.4. The van der Waals surface area contributed by atoms with Crippen LogP contribution in [-0.4, -0.2) is 45.2 Å². The van der Waals surface area contributed by atoms with Crippen LogP contribution in [0.4, 0.5) is 0 Å². The average molecular weight is 458 g/mol. The summed E-state index contributed by atoms with van der Waals surface area (Å²) in [5.41, 5.74) is 2.66. The molecule has 8 nitrogen and oxygen atoms in total. The second-order valence-electron chi connectivity index (χ2n) is 9.51. The van der Waals surface area contributed by atoms with Gasteiger partial charge in [0.15, 0.2) is 5.52 Å². The summed E-state index contributed by atoms with van der Waals surface area (Å²) < 4.78 is 19.1. The minimum atomic E-state index is -0.440. The lowest BCUT2D eigenvalue weighted by Gasteiger charge is -2.32. The normalized spacial score (nSPS) is 16.8. The number of hydrogen-bond donors (Lipinski definition) is 1. The highest BCUT2D eigenvalue weighted by Gasteiger charge is 2.51. The van der Waals surface area contributed by atoms with E-state index in [0.29, 0.717) is 23.4 Å². The molecule has 0 aliphatic carbocycles. The molecular formula is C25H27BN4O4. The van der Waals surface area contributed by atoms with E-state index in [4.69, 9.17) is 14.0 Å². The highest BCUT2D eigenvalue weighted by molar-refractivity contribution is 6.62. The lowest BCUT2D eigenvalue weighted by atomic mass is 9.79. The molecule has 1 N–H and O–H groups in total. The van der Waals surface area contributed by atoms with Gasteiger partial charge < -0.3 is 19.0 Å². The molecule has 2 aromatic heterocycles. The van der Waals surface area contributed by atoms with Gasteiger partial charge in [-0.2, -0.15) is 5.10 Å². The minimum absolute atomic E-state index is 0.235. The fraction of sp³-hybridized carbons (Fsp3) is 0.320. The van der Waals surface area contributed by atoms with Crippen LogP contribution in [0.15, 0.2) is 59.5 Å². The lowest BCUT2D eigenvalue weighted by molar-refractivity contribution is 0.00578. The number of aromatic amines is 1. The second-order valence-corrected chi connectivity index (χ2v) is 9.51. The first-order chi connectivity index (χ1) is 16.2. The number of aromatic nitrogens is 4. The third kappa shape index (κ3) is 3.91. The number of nitrogens with zero attached hydrogens (tertiary/aromatic N) is 3. The predicted octanol–water partition coefficient (Wildman–Crippen LogP) is 3.14. The van der Waals surface area contributed by atoms with Crippen molar-refractivity contribution in [2.75, 3.05) is 7.11 Å². The summed E-state index contributed by atoms with van der Waals surface area (Å²) in [5, 5.41) is 4.39. The molecule has 0 bridgehead atoms. The summed E-state index contributed by atoms with van der Waals surface area (Å²) in [5.74, 6) is 1.27. The van der Waals surface area contributed by atoms with E-state index in [9.17, 15) is 4.79 Å². The minimum Gasteiger partial charge on any atom is -0.497 e. The summed E-state index contributed by atoms with van der Waals surface area (Å²) in [4.78, 5) is 20.5. The highest BCUT2D eigenvalue weighted by Crippen LogP contribution is 2.36. The Balaban J connectivity index is 1.40. The molecule has 4 aromatic rings. The Morgan fingerprint density at radius 2 is 1.65 bits per heavy atom. The molecule has 1 fully saturated rings. The van der Waals surface area contributed by atoms with Crippen molar-refractivity contribution in [2.24, 2.45) is 0 Å². The van der Waals surface area contributed by atoms with Gasteiger partial charge in [-0.25, -0.2) is 4.98 Å².